The molecule has 0 aliphatic carbocycles. The summed E-state index contributed by atoms with van der Waals surface area (Å²) in [5.74, 6) is -1.97. The lowest BCUT2D eigenvalue weighted by Gasteiger charge is -2.27. The molecule has 0 heterocycles. The molecule has 2 N–H and O–H groups in total. The van der Waals surface area contributed by atoms with Gasteiger partial charge in [0, 0.05) is 5.92 Å². The quantitative estimate of drug-likeness (QED) is 0.549. The maximum absolute atomic E-state index is 12.3. The molecule has 0 fully saturated rings. The number of hydrogen-bond acceptors (Lipinski definition) is 8. The minimum absolute atomic E-state index is 0.0521. The van der Waals surface area contributed by atoms with Gasteiger partial charge < -0.3 is 19.4 Å². The van der Waals surface area contributed by atoms with Gasteiger partial charge in [0.25, 0.3) is 0 Å². The first-order valence-corrected chi connectivity index (χ1v) is 9.68. The van der Waals surface area contributed by atoms with Crippen molar-refractivity contribution < 1.29 is 31.7 Å². The lowest BCUT2D eigenvalue weighted by molar-refractivity contribution is -0.157. The molecule has 26 heavy (non-hydrogen) atoms. The van der Waals surface area contributed by atoms with E-state index in [-0.39, 0.29) is 12.2 Å². The number of benzene rings is 1. The fourth-order valence-corrected chi connectivity index (χ4v) is 2.67. The predicted octanol–water partition coefficient (Wildman–Crippen LogP) is 1.34. The van der Waals surface area contributed by atoms with Gasteiger partial charge in [-0.05, 0) is 38.5 Å². The molecule has 0 spiro atoms. The van der Waals surface area contributed by atoms with E-state index in [9.17, 15) is 18.0 Å². The number of rotatable bonds is 7. The average molecular weight is 387 g/mol. The Kier molecular flexibility index (Phi) is 7.16. The molecule has 8 nitrogen and oxygen atoms in total. The first kappa shape index (κ1) is 21.9. The molecule has 146 valence electrons. The molecule has 0 amide bonds. The third kappa shape index (κ3) is 7.40. The predicted molar refractivity (Wildman–Crippen MR) is 95.1 cm³/mol. The van der Waals surface area contributed by atoms with Crippen LogP contribution < -0.4 is 9.92 Å². The second kappa shape index (κ2) is 8.50. The van der Waals surface area contributed by atoms with Gasteiger partial charge >= 0.3 is 22.1 Å². The van der Waals surface area contributed by atoms with Crippen LogP contribution in [0.2, 0.25) is 0 Å². The van der Waals surface area contributed by atoms with E-state index in [0.29, 0.717) is 5.56 Å². The Morgan fingerprint density at radius 2 is 1.85 bits per heavy atom. The topological polar surface area (TPSA) is 122 Å². The smallest absolute Gasteiger partial charge is 0.324 e. The number of ether oxygens (including phenoxy) is 2. The molecular formula is C17H25NO7S. The third-order valence-electron chi connectivity index (χ3n) is 3.26. The maximum Gasteiger partial charge on any atom is 0.324 e. The molecule has 0 saturated heterocycles. The largest absolute Gasteiger partial charge is 0.469 e. The van der Waals surface area contributed by atoms with Crippen molar-refractivity contribution in [3.05, 3.63) is 29.8 Å². The fourth-order valence-electron chi connectivity index (χ4n) is 2.22. The fraction of sp³-hybridized carbons (Fsp3) is 0.529. The minimum Gasteiger partial charge on any atom is -0.469 e. The molecule has 0 aliphatic heterocycles. The van der Waals surface area contributed by atoms with E-state index >= 15 is 0 Å². The molecule has 1 rings (SSSR count). The van der Waals surface area contributed by atoms with Crippen LogP contribution in [0.5, 0.6) is 5.75 Å². The van der Waals surface area contributed by atoms with Gasteiger partial charge in [0.05, 0.1) is 19.8 Å². The zero-order valence-corrected chi connectivity index (χ0v) is 16.3. The van der Waals surface area contributed by atoms with E-state index in [0.717, 1.165) is 6.26 Å². The summed E-state index contributed by atoms with van der Waals surface area (Å²) in [5.41, 5.74) is 5.75. The van der Waals surface area contributed by atoms with Gasteiger partial charge in [-0.2, -0.15) is 8.42 Å². The van der Waals surface area contributed by atoms with Crippen LogP contribution in [0.15, 0.2) is 24.3 Å². The number of esters is 2. The molecule has 1 aromatic rings. The Hall–Kier alpha value is -2.13. The molecule has 9 heteroatoms. The van der Waals surface area contributed by atoms with Crippen LogP contribution >= 0.6 is 0 Å². The van der Waals surface area contributed by atoms with Gasteiger partial charge in [0.15, 0.2) is 0 Å². The van der Waals surface area contributed by atoms with Gasteiger partial charge in [-0.3, -0.25) is 9.59 Å². The molecule has 0 bridgehead atoms. The summed E-state index contributed by atoms with van der Waals surface area (Å²) in [7, 11) is -2.50. The Morgan fingerprint density at radius 1 is 1.23 bits per heavy atom. The van der Waals surface area contributed by atoms with E-state index in [1.165, 1.54) is 19.2 Å². The molecule has 2 atom stereocenters. The minimum atomic E-state index is -3.72. The highest BCUT2D eigenvalue weighted by Gasteiger charge is 2.32. The summed E-state index contributed by atoms with van der Waals surface area (Å²) < 4.78 is 37.4. The van der Waals surface area contributed by atoms with Crippen molar-refractivity contribution in [2.45, 2.75) is 44.8 Å². The monoisotopic (exact) mass is 387 g/mol. The van der Waals surface area contributed by atoms with Gasteiger partial charge in [0.1, 0.15) is 17.4 Å². The zero-order chi connectivity index (χ0) is 20.1. The van der Waals surface area contributed by atoms with E-state index < -0.39 is 39.6 Å². The highest BCUT2D eigenvalue weighted by atomic mass is 32.2. The summed E-state index contributed by atoms with van der Waals surface area (Å²) in [6, 6.07) is 4.87. The van der Waals surface area contributed by atoms with Gasteiger partial charge in [-0.1, -0.05) is 12.1 Å². The number of nitrogens with two attached hydrogens (primary N) is 1. The van der Waals surface area contributed by atoms with E-state index in [1.807, 2.05) is 0 Å². The molecule has 0 aromatic heterocycles. The van der Waals surface area contributed by atoms with Gasteiger partial charge in [0.2, 0.25) is 0 Å². The van der Waals surface area contributed by atoms with Crippen molar-refractivity contribution in [1.82, 2.24) is 0 Å². The summed E-state index contributed by atoms with van der Waals surface area (Å²) in [4.78, 5) is 24.1. The summed E-state index contributed by atoms with van der Waals surface area (Å²) in [6.07, 6.45) is 0.733. The Balaban J connectivity index is 3.19. The van der Waals surface area contributed by atoms with Crippen LogP contribution in [0.25, 0.3) is 0 Å². The third-order valence-corrected chi connectivity index (χ3v) is 3.76. The van der Waals surface area contributed by atoms with Crippen LogP contribution in [0.1, 0.15) is 38.7 Å². The van der Waals surface area contributed by atoms with Crippen LogP contribution in [-0.2, 0) is 29.2 Å². The van der Waals surface area contributed by atoms with Crippen molar-refractivity contribution in [3.63, 3.8) is 0 Å². The molecule has 0 radical (unpaired) electrons. The van der Waals surface area contributed by atoms with Gasteiger partial charge in [-0.25, -0.2) is 0 Å². The van der Waals surface area contributed by atoms with Crippen LogP contribution in [0, 0.1) is 0 Å². The highest BCUT2D eigenvalue weighted by molar-refractivity contribution is 7.86. The van der Waals surface area contributed by atoms with E-state index in [2.05, 4.69) is 4.74 Å². The number of carbonyl (C=O) groups excluding carboxylic acids is 2. The van der Waals surface area contributed by atoms with E-state index in [1.54, 1.807) is 32.9 Å². The second-order valence-corrected chi connectivity index (χ2v) is 8.38. The second-order valence-electron chi connectivity index (χ2n) is 6.81. The van der Waals surface area contributed by atoms with Gasteiger partial charge in [-0.15, -0.1) is 0 Å². The normalized spacial score (nSPS) is 14.2. The van der Waals surface area contributed by atoms with Crippen molar-refractivity contribution in [1.29, 1.82) is 0 Å². The molecule has 0 aliphatic rings. The molecule has 2 unspecified atom stereocenters. The summed E-state index contributed by atoms with van der Waals surface area (Å²) >= 11 is 0. The van der Waals surface area contributed by atoms with Crippen molar-refractivity contribution in [2.75, 3.05) is 13.4 Å². The summed E-state index contributed by atoms with van der Waals surface area (Å²) in [5, 5.41) is 0. The zero-order valence-electron chi connectivity index (χ0n) is 15.5. The molecule has 0 saturated carbocycles. The standard InChI is InChI=1S/C17H25NO7S/c1-17(2,3)24-16(20)15(18)13(10-14(19)23-4)11-7-6-8-12(9-11)25-26(5,21)22/h6-9,13,15H,10,18H2,1-5H3. The SMILES string of the molecule is COC(=O)CC(c1cccc(OS(C)(=O)=O)c1)C(N)C(=O)OC(C)(C)C. The first-order chi connectivity index (χ1) is 11.8. The number of hydrogen-bond donors (Lipinski definition) is 1. The number of methoxy groups -OCH3 is 1. The Bertz CT molecular complexity index is 753. The van der Waals surface area contributed by atoms with Crippen molar-refractivity contribution >= 4 is 22.1 Å². The first-order valence-electron chi connectivity index (χ1n) is 7.87. The molecular weight excluding hydrogens is 362 g/mol. The number of carbonyl (C=O) groups is 2. The highest BCUT2D eigenvalue weighted by Crippen LogP contribution is 2.28. The summed E-state index contributed by atoms with van der Waals surface area (Å²) in [6.45, 7) is 5.11. The maximum atomic E-state index is 12.3. The van der Waals surface area contributed by atoms with Crippen LogP contribution in [0.3, 0.4) is 0 Å². The lowest BCUT2D eigenvalue weighted by Crippen LogP contribution is -2.42. The Labute approximate surface area is 153 Å². The molecule has 1 aromatic carbocycles. The lowest BCUT2D eigenvalue weighted by atomic mass is 9.88. The Morgan fingerprint density at radius 3 is 2.35 bits per heavy atom. The van der Waals surface area contributed by atoms with E-state index in [4.69, 9.17) is 14.7 Å². The van der Waals surface area contributed by atoms with Crippen LogP contribution in [-0.4, -0.2) is 45.4 Å². The van der Waals surface area contributed by atoms with Crippen molar-refractivity contribution in [3.8, 4) is 5.75 Å². The van der Waals surface area contributed by atoms with Crippen molar-refractivity contribution in [2.24, 2.45) is 5.73 Å². The van der Waals surface area contributed by atoms with Crippen LogP contribution in [0.4, 0.5) is 0 Å². The average Bonchev–Trinajstić information content (AvgIpc) is 2.48.